The number of piperazine rings is 1. The Hall–Kier alpha value is -2.12. The van der Waals surface area contributed by atoms with Crippen molar-refractivity contribution in [1.82, 2.24) is 15.1 Å². The molecule has 2 amide bonds. The summed E-state index contributed by atoms with van der Waals surface area (Å²) in [6.07, 6.45) is 0.425. The molecule has 0 radical (unpaired) electrons. The fourth-order valence-corrected chi connectivity index (χ4v) is 4.08. The molecule has 7 heteroatoms. The number of amides is 2. The van der Waals surface area contributed by atoms with Gasteiger partial charge in [0.25, 0.3) is 5.91 Å². The second kappa shape index (κ2) is 9.79. The van der Waals surface area contributed by atoms with Crippen molar-refractivity contribution in [2.24, 2.45) is 0 Å². The molecule has 30 heavy (non-hydrogen) atoms. The lowest BCUT2D eigenvalue weighted by Gasteiger charge is -2.40. The van der Waals surface area contributed by atoms with Gasteiger partial charge >= 0.3 is 6.09 Å². The first-order valence-electron chi connectivity index (χ1n) is 10.9. The van der Waals surface area contributed by atoms with Crippen molar-refractivity contribution in [3.63, 3.8) is 0 Å². The maximum absolute atomic E-state index is 13.0. The van der Waals surface area contributed by atoms with Crippen LogP contribution in [0.15, 0.2) is 30.3 Å². The van der Waals surface area contributed by atoms with Crippen molar-refractivity contribution in [2.45, 2.75) is 70.9 Å². The van der Waals surface area contributed by atoms with Gasteiger partial charge in [-0.3, -0.25) is 9.69 Å². The van der Waals surface area contributed by atoms with Gasteiger partial charge in [-0.2, -0.15) is 0 Å². The van der Waals surface area contributed by atoms with Gasteiger partial charge in [-0.15, -0.1) is 0 Å². The average Bonchev–Trinajstić information content (AvgIpc) is 3.15. The Bertz CT molecular complexity index is 719. The van der Waals surface area contributed by atoms with E-state index in [1.807, 2.05) is 31.7 Å². The molecule has 3 rings (SSSR count). The molecule has 2 fully saturated rings. The minimum Gasteiger partial charge on any atom is -0.444 e. The smallest absolute Gasteiger partial charge is 0.407 e. The van der Waals surface area contributed by atoms with Crippen LogP contribution in [0.2, 0.25) is 0 Å². The van der Waals surface area contributed by atoms with Gasteiger partial charge in [-0.25, -0.2) is 4.79 Å². The fourth-order valence-electron chi connectivity index (χ4n) is 4.08. The molecule has 2 heterocycles. The van der Waals surface area contributed by atoms with Crippen molar-refractivity contribution >= 4 is 12.0 Å². The number of carbonyl (C=O) groups is 2. The van der Waals surface area contributed by atoms with Gasteiger partial charge in [-0.1, -0.05) is 30.3 Å². The topological polar surface area (TPSA) is 71.1 Å². The van der Waals surface area contributed by atoms with Gasteiger partial charge in [0.15, 0.2) is 0 Å². The summed E-state index contributed by atoms with van der Waals surface area (Å²) in [7, 11) is 0. The molecule has 3 atom stereocenters. The van der Waals surface area contributed by atoms with Crippen molar-refractivity contribution in [3.05, 3.63) is 35.9 Å². The summed E-state index contributed by atoms with van der Waals surface area (Å²) >= 11 is 0. The number of nitrogens with zero attached hydrogens (tertiary/aromatic N) is 2. The van der Waals surface area contributed by atoms with Gasteiger partial charge in [0.1, 0.15) is 11.7 Å². The Balaban J connectivity index is 1.43. The molecular formula is C23H35N3O4. The second-order valence-electron chi connectivity index (χ2n) is 9.31. The Morgan fingerprint density at radius 2 is 1.90 bits per heavy atom. The Morgan fingerprint density at radius 3 is 2.57 bits per heavy atom. The molecule has 0 saturated carbocycles. The zero-order valence-corrected chi connectivity index (χ0v) is 18.6. The molecular weight excluding hydrogens is 382 g/mol. The summed E-state index contributed by atoms with van der Waals surface area (Å²) in [5.41, 5.74) is 0.765. The summed E-state index contributed by atoms with van der Waals surface area (Å²) in [6, 6.07) is 10.6. The van der Waals surface area contributed by atoms with Crippen LogP contribution in [0.25, 0.3) is 0 Å². The van der Waals surface area contributed by atoms with Crippen LogP contribution in [0.1, 0.15) is 46.1 Å². The molecule has 166 valence electrons. The summed E-state index contributed by atoms with van der Waals surface area (Å²) < 4.78 is 11.2. The van der Waals surface area contributed by atoms with E-state index in [1.165, 1.54) is 5.56 Å². The first-order valence-corrected chi connectivity index (χ1v) is 10.9. The van der Waals surface area contributed by atoms with E-state index in [0.717, 1.165) is 26.1 Å². The number of rotatable bonds is 5. The summed E-state index contributed by atoms with van der Waals surface area (Å²) in [6.45, 7) is 11.3. The molecule has 2 aliphatic heterocycles. The van der Waals surface area contributed by atoms with E-state index in [-0.39, 0.29) is 18.1 Å². The van der Waals surface area contributed by atoms with E-state index in [0.29, 0.717) is 19.5 Å². The monoisotopic (exact) mass is 417 g/mol. The maximum atomic E-state index is 13.0. The molecule has 1 aromatic rings. The van der Waals surface area contributed by atoms with Crippen molar-refractivity contribution in [2.75, 3.05) is 26.2 Å². The molecule has 0 aromatic heterocycles. The van der Waals surface area contributed by atoms with Gasteiger partial charge in [-0.05, 0) is 46.1 Å². The lowest BCUT2D eigenvalue weighted by molar-refractivity contribution is -0.147. The summed E-state index contributed by atoms with van der Waals surface area (Å²) in [5.74, 6) is 0.0710. The van der Waals surface area contributed by atoms with E-state index in [9.17, 15) is 9.59 Å². The molecule has 0 aliphatic carbocycles. The molecule has 2 saturated heterocycles. The van der Waals surface area contributed by atoms with Gasteiger partial charge in [0.05, 0.1) is 6.10 Å². The van der Waals surface area contributed by atoms with E-state index < -0.39 is 17.8 Å². The van der Waals surface area contributed by atoms with E-state index in [2.05, 4.69) is 41.4 Å². The summed E-state index contributed by atoms with van der Waals surface area (Å²) in [5, 5.41) is 2.74. The number of hydrogen-bond acceptors (Lipinski definition) is 5. The van der Waals surface area contributed by atoms with Crippen LogP contribution < -0.4 is 5.32 Å². The standard InChI is InChI=1S/C23H35N3O4/c1-17-15-25(16-18-8-6-5-7-9-18)12-13-26(17)21(27)20-11-10-19(29-20)14-24-22(28)30-23(2,3)4/h5-9,17,19-20H,10-16H2,1-4H3,(H,24,28)/t17-,19+,20+/m1/s1. The molecule has 1 aromatic carbocycles. The zero-order chi connectivity index (χ0) is 21.7. The number of benzene rings is 1. The minimum absolute atomic E-state index is 0.0710. The van der Waals surface area contributed by atoms with E-state index >= 15 is 0 Å². The highest BCUT2D eigenvalue weighted by Gasteiger charge is 2.37. The largest absolute Gasteiger partial charge is 0.444 e. The van der Waals surface area contributed by atoms with Crippen molar-refractivity contribution in [3.8, 4) is 0 Å². The molecule has 0 unspecified atom stereocenters. The van der Waals surface area contributed by atoms with Crippen molar-refractivity contribution in [1.29, 1.82) is 0 Å². The molecule has 0 spiro atoms. The molecule has 0 bridgehead atoms. The summed E-state index contributed by atoms with van der Waals surface area (Å²) in [4.78, 5) is 29.2. The van der Waals surface area contributed by atoms with E-state index in [4.69, 9.17) is 9.47 Å². The first-order chi connectivity index (χ1) is 14.2. The van der Waals surface area contributed by atoms with Crippen LogP contribution in [-0.2, 0) is 20.8 Å². The fraction of sp³-hybridized carbons (Fsp3) is 0.652. The van der Waals surface area contributed by atoms with Crippen LogP contribution in [0.5, 0.6) is 0 Å². The van der Waals surface area contributed by atoms with Gasteiger partial charge in [0.2, 0.25) is 0 Å². The molecule has 1 N–H and O–H groups in total. The third-order valence-corrected chi connectivity index (χ3v) is 5.50. The highest BCUT2D eigenvalue weighted by Crippen LogP contribution is 2.23. The van der Waals surface area contributed by atoms with E-state index in [1.54, 1.807) is 0 Å². The minimum atomic E-state index is -0.530. The predicted molar refractivity (Wildman–Crippen MR) is 115 cm³/mol. The van der Waals surface area contributed by atoms with Crippen LogP contribution in [0.4, 0.5) is 4.79 Å². The Morgan fingerprint density at radius 1 is 1.17 bits per heavy atom. The van der Waals surface area contributed by atoms with Crippen LogP contribution in [0.3, 0.4) is 0 Å². The number of ether oxygens (including phenoxy) is 2. The van der Waals surface area contributed by atoms with Crippen LogP contribution in [0, 0.1) is 0 Å². The third-order valence-electron chi connectivity index (χ3n) is 5.50. The lowest BCUT2D eigenvalue weighted by Crippen LogP contribution is -2.56. The predicted octanol–water partition coefficient (Wildman–Crippen LogP) is 2.79. The Kier molecular flexibility index (Phi) is 7.36. The van der Waals surface area contributed by atoms with Crippen LogP contribution >= 0.6 is 0 Å². The Labute approximate surface area is 179 Å². The highest BCUT2D eigenvalue weighted by atomic mass is 16.6. The van der Waals surface area contributed by atoms with Gasteiger partial charge in [0, 0.05) is 38.8 Å². The molecule has 2 aliphatic rings. The second-order valence-corrected chi connectivity index (χ2v) is 9.31. The number of alkyl carbamates (subject to hydrolysis) is 1. The van der Waals surface area contributed by atoms with Crippen LogP contribution in [-0.4, -0.2) is 71.8 Å². The maximum Gasteiger partial charge on any atom is 0.407 e. The zero-order valence-electron chi connectivity index (χ0n) is 18.6. The highest BCUT2D eigenvalue weighted by molar-refractivity contribution is 5.81. The average molecular weight is 418 g/mol. The number of nitrogens with one attached hydrogen (secondary N) is 1. The van der Waals surface area contributed by atoms with Gasteiger partial charge < -0.3 is 19.7 Å². The normalized spacial score (nSPS) is 25.2. The van der Waals surface area contributed by atoms with Crippen molar-refractivity contribution < 1.29 is 19.1 Å². The number of carbonyl (C=O) groups excluding carboxylic acids is 2. The number of hydrogen-bond donors (Lipinski definition) is 1. The quantitative estimate of drug-likeness (QED) is 0.798. The lowest BCUT2D eigenvalue weighted by atomic mass is 10.1. The first kappa shape index (κ1) is 22.6. The third kappa shape index (κ3) is 6.44. The SMILES string of the molecule is C[C@@H]1CN(Cc2ccccc2)CCN1C(=O)[C@@H]1CC[C@@H](CNC(=O)OC(C)(C)C)O1. The molecule has 7 nitrogen and oxygen atoms in total.